The predicted octanol–water partition coefficient (Wildman–Crippen LogP) is 2.16. The molecule has 0 aromatic heterocycles. The number of esters is 1. The quantitative estimate of drug-likeness (QED) is 0.498. The lowest BCUT2D eigenvalue weighted by atomic mass is 10.2. The van der Waals surface area contributed by atoms with Crippen LogP contribution in [0.1, 0.15) is 41.0 Å². The highest BCUT2D eigenvalue weighted by Crippen LogP contribution is 2.07. The molecule has 96 valence electrons. The van der Waals surface area contributed by atoms with E-state index in [-0.39, 0.29) is 12.1 Å². The molecule has 0 atom stereocenters. The highest BCUT2D eigenvalue weighted by molar-refractivity contribution is 5.69. The molecule has 0 saturated heterocycles. The third-order valence-corrected chi connectivity index (χ3v) is 1.55. The van der Waals surface area contributed by atoms with E-state index < -0.39 is 5.60 Å². The Morgan fingerprint density at radius 3 is 2.25 bits per heavy atom. The molecule has 0 bridgehead atoms. The molecular formula is C12H24O4. The molecule has 0 aromatic rings. The SMILES string of the molecule is CC(C)OCCOCCC(=O)OC(C)(C)C. The van der Waals surface area contributed by atoms with Crippen LogP contribution >= 0.6 is 0 Å². The summed E-state index contributed by atoms with van der Waals surface area (Å²) in [6.07, 6.45) is 0.508. The van der Waals surface area contributed by atoms with Gasteiger partial charge in [-0.05, 0) is 34.6 Å². The van der Waals surface area contributed by atoms with Gasteiger partial charge in [0.05, 0.1) is 32.3 Å². The molecule has 0 rings (SSSR count). The van der Waals surface area contributed by atoms with Crippen molar-refractivity contribution in [2.24, 2.45) is 0 Å². The van der Waals surface area contributed by atoms with E-state index in [1.54, 1.807) is 0 Å². The van der Waals surface area contributed by atoms with Gasteiger partial charge in [-0.3, -0.25) is 4.79 Å². The summed E-state index contributed by atoms with van der Waals surface area (Å²) < 4.78 is 15.7. The van der Waals surface area contributed by atoms with E-state index in [1.165, 1.54) is 0 Å². The second-order valence-corrected chi connectivity index (χ2v) is 4.87. The Morgan fingerprint density at radius 1 is 1.12 bits per heavy atom. The normalized spacial score (nSPS) is 11.9. The minimum atomic E-state index is -0.419. The van der Waals surface area contributed by atoms with Gasteiger partial charge in [0.25, 0.3) is 0 Å². The summed E-state index contributed by atoms with van der Waals surface area (Å²) in [4.78, 5) is 11.3. The van der Waals surface area contributed by atoms with Gasteiger partial charge < -0.3 is 14.2 Å². The standard InChI is InChI=1S/C12H24O4/c1-10(2)15-9-8-14-7-6-11(13)16-12(3,4)5/h10H,6-9H2,1-5H3. The minimum Gasteiger partial charge on any atom is -0.460 e. The van der Waals surface area contributed by atoms with Crippen molar-refractivity contribution in [3.63, 3.8) is 0 Å². The molecule has 0 amide bonds. The summed E-state index contributed by atoms with van der Waals surface area (Å²) in [5.74, 6) is -0.225. The van der Waals surface area contributed by atoms with Crippen LogP contribution in [0.3, 0.4) is 0 Å². The van der Waals surface area contributed by atoms with Gasteiger partial charge in [-0.15, -0.1) is 0 Å². The third kappa shape index (κ3) is 11.5. The molecule has 4 heteroatoms. The van der Waals surface area contributed by atoms with E-state index in [0.717, 1.165) is 0 Å². The van der Waals surface area contributed by atoms with Crippen molar-refractivity contribution in [1.29, 1.82) is 0 Å². The maximum atomic E-state index is 11.3. The van der Waals surface area contributed by atoms with Gasteiger partial charge >= 0.3 is 5.97 Å². The van der Waals surface area contributed by atoms with E-state index in [4.69, 9.17) is 14.2 Å². The van der Waals surface area contributed by atoms with Crippen LogP contribution in [-0.4, -0.2) is 37.5 Å². The molecule has 16 heavy (non-hydrogen) atoms. The van der Waals surface area contributed by atoms with Crippen LogP contribution < -0.4 is 0 Å². The minimum absolute atomic E-state index is 0.217. The van der Waals surface area contributed by atoms with Crippen LogP contribution in [0.4, 0.5) is 0 Å². The fraction of sp³-hybridized carbons (Fsp3) is 0.917. The number of hydrogen-bond acceptors (Lipinski definition) is 4. The zero-order valence-corrected chi connectivity index (χ0v) is 11.0. The summed E-state index contributed by atoms with van der Waals surface area (Å²) in [5.41, 5.74) is -0.419. The lowest BCUT2D eigenvalue weighted by Crippen LogP contribution is -2.24. The number of carbonyl (C=O) groups excluding carboxylic acids is 1. The Bertz CT molecular complexity index is 194. The van der Waals surface area contributed by atoms with Crippen LogP contribution in [0.25, 0.3) is 0 Å². The zero-order chi connectivity index (χ0) is 12.6. The monoisotopic (exact) mass is 232 g/mol. The van der Waals surface area contributed by atoms with E-state index in [9.17, 15) is 4.79 Å². The smallest absolute Gasteiger partial charge is 0.308 e. The highest BCUT2D eigenvalue weighted by atomic mass is 16.6. The van der Waals surface area contributed by atoms with Crippen LogP contribution in [0, 0.1) is 0 Å². The van der Waals surface area contributed by atoms with Crippen molar-refractivity contribution in [2.75, 3.05) is 19.8 Å². The molecule has 0 aliphatic rings. The van der Waals surface area contributed by atoms with Crippen molar-refractivity contribution in [2.45, 2.75) is 52.7 Å². The maximum Gasteiger partial charge on any atom is 0.308 e. The average Bonchev–Trinajstić information content (AvgIpc) is 2.07. The molecule has 0 unspecified atom stereocenters. The average molecular weight is 232 g/mol. The Hall–Kier alpha value is -0.610. The Labute approximate surface area is 98.3 Å². The second kappa shape index (κ2) is 7.63. The summed E-state index contributed by atoms with van der Waals surface area (Å²) in [5, 5.41) is 0. The van der Waals surface area contributed by atoms with E-state index >= 15 is 0 Å². The molecule has 0 radical (unpaired) electrons. The van der Waals surface area contributed by atoms with Crippen molar-refractivity contribution < 1.29 is 19.0 Å². The fourth-order valence-electron chi connectivity index (χ4n) is 0.993. The summed E-state index contributed by atoms with van der Waals surface area (Å²) in [6, 6.07) is 0. The number of hydrogen-bond donors (Lipinski definition) is 0. The summed E-state index contributed by atoms with van der Waals surface area (Å²) in [7, 11) is 0. The topological polar surface area (TPSA) is 44.8 Å². The van der Waals surface area contributed by atoms with E-state index in [0.29, 0.717) is 26.2 Å². The van der Waals surface area contributed by atoms with Crippen LogP contribution in [0.15, 0.2) is 0 Å². The number of rotatable bonds is 7. The largest absolute Gasteiger partial charge is 0.460 e. The van der Waals surface area contributed by atoms with Gasteiger partial charge in [-0.25, -0.2) is 0 Å². The van der Waals surface area contributed by atoms with Crippen LogP contribution in [-0.2, 0) is 19.0 Å². The van der Waals surface area contributed by atoms with Crippen molar-refractivity contribution >= 4 is 5.97 Å². The Balaban J connectivity index is 3.35. The predicted molar refractivity (Wildman–Crippen MR) is 62.4 cm³/mol. The van der Waals surface area contributed by atoms with Gasteiger partial charge in [-0.1, -0.05) is 0 Å². The van der Waals surface area contributed by atoms with Gasteiger partial charge in [-0.2, -0.15) is 0 Å². The van der Waals surface area contributed by atoms with Gasteiger partial charge in [0.1, 0.15) is 5.60 Å². The van der Waals surface area contributed by atoms with E-state index in [1.807, 2.05) is 34.6 Å². The van der Waals surface area contributed by atoms with E-state index in [2.05, 4.69) is 0 Å². The van der Waals surface area contributed by atoms with Crippen molar-refractivity contribution in [3.8, 4) is 0 Å². The molecule has 0 aromatic carbocycles. The number of ether oxygens (including phenoxy) is 3. The first-order valence-electron chi connectivity index (χ1n) is 5.72. The summed E-state index contributed by atoms with van der Waals surface area (Å²) >= 11 is 0. The Kier molecular flexibility index (Phi) is 7.34. The molecule has 0 spiro atoms. The molecule has 0 N–H and O–H groups in total. The van der Waals surface area contributed by atoms with Crippen molar-refractivity contribution in [1.82, 2.24) is 0 Å². The first kappa shape index (κ1) is 15.4. The zero-order valence-electron chi connectivity index (χ0n) is 11.0. The maximum absolute atomic E-state index is 11.3. The number of carbonyl (C=O) groups is 1. The molecule has 0 aliphatic heterocycles. The first-order chi connectivity index (χ1) is 7.31. The highest BCUT2D eigenvalue weighted by Gasteiger charge is 2.15. The molecular weight excluding hydrogens is 208 g/mol. The lowest BCUT2D eigenvalue weighted by molar-refractivity contribution is -0.156. The van der Waals surface area contributed by atoms with Crippen LogP contribution in [0.2, 0.25) is 0 Å². The van der Waals surface area contributed by atoms with Crippen LogP contribution in [0.5, 0.6) is 0 Å². The molecule has 0 heterocycles. The van der Waals surface area contributed by atoms with Crippen molar-refractivity contribution in [3.05, 3.63) is 0 Å². The molecule has 0 aliphatic carbocycles. The fourth-order valence-corrected chi connectivity index (χ4v) is 0.993. The van der Waals surface area contributed by atoms with Gasteiger partial charge in [0, 0.05) is 0 Å². The second-order valence-electron chi connectivity index (χ2n) is 4.87. The van der Waals surface area contributed by atoms with Gasteiger partial charge in [0.2, 0.25) is 0 Å². The Morgan fingerprint density at radius 2 is 1.75 bits per heavy atom. The lowest BCUT2D eigenvalue weighted by Gasteiger charge is -2.19. The van der Waals surface area contributed by atoms with Gasteiger partial charge in [0.15, 0.2) is 0 Å². The molecule has 0 fully saturated rings. The third-order valence-electron chi connectivity index (χ3n) is 1.55. The molecule has 0 saturated carbocycles. The first-order valence-corrected chi connectivity index (χ1v) is 5.72. The summed E-state index contributed by atoms with van der Waals surface area (Å²) in [6.45, 7) is 11.0. The molecule has 4 nitrogen and oxygen atoms in total.